The number of Topliss-reactive ketones (excluding diaryl/α,β-unsaturated/α-hetero) is 1. The molecule has 0 amide bonds. The van der Waals surface area contributed by atoms with E-state index in [9.17, 15) is 9.90 Å². The van der Waals surface area contributed by atoms with E-state index in [-0.39, 0.29) is 11.7 Å². The van der Waals surface area contributed by atoms with E-state index in [2.05, 4.69) is 0 Å². The average Bonchev–Trinajstić information content (AvgIpc) is 2.27. The third-order valence-electron chi connectivity index (χ3n) is 2.27. The van der Waals surface area contributed by atoms with E-state index < -0.39 is 6.10 Å². The molecule has 0 bridgehead atoms. The molecule has 1 N–H and O–H groups in total. The second-order valence-electron chi connectivity index (χ2n) is 3.73. The summed E-state index contributed by atoms with van der Waals surface area (Å²) in [6, 6.07) is 7.43. The van der Waals surface area contributed by atoms with E-state index in [0.717, 1.165) is 4.90 Å². The third-order valence-corrected chi connectivity index (χ3v) is 3.01. The van der Waals surface area contributed by atoms with Gasteiger partial charge >= 0.3 is 0 Å². The molecule has 0 saturated carbocycles. The fourth-order valence-electron chi connectivity index (χ4n) is 1.27. The normalized spacial score (nSPS) is 12.9. The number of benzene rings is 1. The highest BCUT2D eigenvalue weighted by Crippen LogP contribution is 2.21. The lowest BCUT2D eigenvalue weighted by atomic mass is 9.98. The van der Waals surface area contributed by atoms with Gasteiger partial charge in [0.25, 0.3) is 0 Å². The van der Waals surface area contributed by atoms with Gasteiger partial charge in [0.2, 0.25) is 0 Å². The molecule has 0 saturated heterocycles. The maximum Gasteiger partial charge on any atom is 0.168 e. The van der Waals surface area contributed by atoms with Gasteiger partial charge in [-0.25, -0.2) is 0 Å². The first kappa shape index (κ1) is 12.3. The molecule has 1 aromatic rings. The van der Waals surface area contributed by atoms with E-state index in [4.69, 9.17) is 0 Å². The summed E-state index contributed by atoms with van der Waals surface area (Å²) in [5.41, 5.74) is 0.673. The smallest absolute Gasteiger partial charge is 0.168 e. The molecule has 0 aliphatic heterocycles. The molecule has 0 aliphatic carbocycles. The van der Waals surface area contributed by atoms with Gasteiger partial charge in [-0.2, -0.15) is 0 Å². The zero-order valence-corrected chi connectivity index (χ0v) is 10.0. The van der Waals surface area contributed by atoms with Gasteiger partial charge in [-0.1, -0.05) is 26.0 Å². The maximum absolute atomic E-state index is 11.5. The molecule has 0 spiro atoms. The Morgan fingerprint density at radius 1 is 1.27 bits per heavy atom. The molecule has 1 atom stereocenters. The number of carbonyl (C=O) groups is 1. The lowest BCUT2D eigenvalue weighted by Crippen LogP contribution is -2.17. The van der Waals surface area contributed by atoms with Gasteiger partial charge < -0.3 is 5.11 Å². The molecule has 15 heavy (non-hydrogen) atoms. The van der Waals surface area contributed by atoms with Crippen LogP contribution in [0, 0.1) is 5.92 Å². The Labute approximate surface area is 94.7 Å². The van der Waals surface area contributed by atoms with Crippen molar-refractivity contribution in [3.63, 3.8) is 0 Å². The third kappa shape index (κ3) is 3.08. The number of hydrogen-bond donors (Lipinski definition) is 1. The average molecular weight is 224 g/mol. The van der Waals surface area contributed by atoms with Crippen LogP contribution in [-0.4, -0.2) is 17.1 Å². The molecular formula is C12H16O2S. The highest BCUT2D eigenvalue weighted by Gasteiger charge is 2.19. The molecule has 0 fully saturated rings. The van der Waals surface area contributed by atoms with Crippen molar-refractivity contribution < 1.29 is 9.90 Å². The zero-order chi connectivity index (χ0) is 11.4. The van der Waals surface area contributed by atoms with Crippen molar-refractivity contribution in [2.75, 3.05) is 6.26 Å². The second kappa shape index (κ2) is 5.33. The minimum atomic E-state index is -0.985. The van der Waals surface area contributed by atoms with E-state index in [1.54, 1.807) is 37.7 Å². The SMILES string of the molecule is CSc1ccc(C(O)C(=O)C(C)C)cc1. The Balaban J connectivity index is 2.82. The minimum Gasteiger partial charge on any atom is -0.381 e. The number of aliphatic hydroxyl groups excluding tert-OH is 1. The Morgan fingerprint density at radius 3 is 2.20 bits per heavy atom. The highest BCUT2D eigenvalue weighted by molar-refractivity contribution is 7.98. The van der Waals surface area contributed by atoms with Crippen LogP contribution >= 0.6 is 11.8 Å². The Kier molecular flexibility index (Phi) is 4.36. The molecule has 1 aromatic carbocycles. The van der Waals surface area contributed by atoms with Crippen molar-refractivity contribution in [3.8, 4) is 0 Å². The summed E-state index contributed by atoms with van der Waals surface area (Å²) < 4.78 is 0. The molecule has 0 aliphatic rings. The quantitative estimate of drug-likeness (QED) is 0.799. The Morgan fingerprint density at radius 2 is 1.80 bits per heavy atom. The molecule has 0 radical (unpaired) electrons. The monoisotopic (exact) mass is 224 g/mol. The van der Waals surface area contributed by atoms with Crippen LogP contribution < -0.4 is 0 Å². The summed E-state index contributed by atoms with van der Waals surface area (Å²) >= 11 is 1.64. The molecule has 82 valence electrons. The van der Waals surface area contributed by atoms with Crippen LogP contribution in [0.2, 0.25) is 0 Å². The van der Waals surface area contributed by atoms with Crippen molar-refractivity contribution in [1.29, 1.82) is 0 Å². The van der Waals surface area contributed by atoms with Crippen LogP contribution in [0.1, 0.15) is 25.5 Å². The van der Waals surface area contributed by atoms with Crippen LogP contribution in [0.4, 0.5) is 0 Å². The first-order chi connectivity index (χ1) is 7.06. The largest absolute Gasteiger partial charge is 0.381 e. The first-order valence-corrected chi connectivity index (χ1v) is 6.14. The number of ketones is 1. The number of rotatable bonds is 4. The van der Waals surface area contributed by atoms with Gasteiger partial charge in [0, 0.05) is 10.8 Å². The van der Waals surface area contributed by atoms with Crippen molar-refractivity contribution in [2.45, 2.75) is 24.8 Å². The summed E-state index contributed by atoms with van der Waals surface area (Å²) in [4.78, 5) is 12.7. The van der Waals surface area contributed by atoms with Crippen molar-refractivity contribution in [1.82, 2.24) is 0 Å². The van der Waals surface area contributed by atoms with Gasteiger partial charge in [0.1, 0.15) is 6.10 Å². The highest BCUT2D eigenvalue weighted by atomic mass is 32.2. The summed E-state index contributed by atoms with van der Waals surface area (Å²) in [6.07, 6.45) is 1.01. The van der Waals surface area contributed by atoms with Crippen LogP contribution in [-0.2, 0) is 4.79 Å². The number of aliphatic hydroxyl groups is 1. The second-order valence-corrected chi connectivity index (χ2v) is 4.61. The number of hydrogen-bond acceptors (Lipinski definition) is 3. The predicted octanol–water partition coefficient (Wildman–Crippen LogP) is 2.67. The van der Waals surface area contributed by atoms with Crippen LogP contribution in [0.15, 0.2) is 29.2 Å². The van der Waals surface area contributed by atoms with Gasteiger partial charge in [0.15, 0.2) is 5.78 Å². The standard InChI is InChI=1S/C12H16O2S/c1-8(2)11(13)12(14)9-4-6-10(15-3)7-5-9/h4-8,12,14H,1-3H3. The zero-order valence-electron chi connectivity index (χ0n) is 9.23. The summed E-state index contributed by atoms with van der Waals surface area (Å²) in [7, 11) is 0. The van der Waals surface area contributed by atoms with Crippen LogP contribution in [0.5, 0.6) is 0 Å². The molecule has 3 heteroatoms. The van der Waals surface area contributed by atoms with Gasteiger partial charge in [-0.3, -0.25) is 4.79 Å². The lowest BCUT2D eigenvalue weighted by Gasteiger charge is -2.12. The first-order valence-electron chi connectivity index (χ1n) is 4.92. The Bertz CT molecular complexity index is 330. The van der Waals surface area contributed by atoms with Crippen molar-refractivity contribution >= 4 is 17.5 Å². The Hall–Kier alpha value is -0.800. The van der Waals surface area contributed by atoms with Gasteiger partial charge in [0.05, 0.1) is 0 Å². The maximum atomic E-state index is 11.5. The fraction of sp³-hybridized carbons (Fsp3) is 0.417. The molecule has 2 nitrogen and oxygen atoms in total. The van der Waals surface area contributed by atoms with E-state index >= 15 is 0 Å². The summed E-state index contributed by atoms with van der Waals surface area (Å²) in [6.45, 7) is 3.59. The molecule has 0 heterocycles. The van der Waals surface area contributed by atoms with Crippen molar-refractivity contribution in [3.05, 3.63) is 29.8 Å². The lowest BCUT2D eigenvalue weighted by molar-refractivity contribution is -0.130. The molecule has 0 aromatic heterocycles. The van der Waals surface area contributed by atoms with E-state index in [0.29, 0.717) is 5.56 Å². The fourth-order valence-corrected chi connectivity index (χ4v) is 1.67. The number of carbonyl (C=O) groups excluding carboxylic acids is 1. The molecular weight excluding hydrogens is 208 g/mol. The minimum absolute atomic E-state index is 0.132. The summed E-state index contributed by atoms with van der Waals surface area (Å²) in [5, 5.41) is 9.77. The van der Waals surface area contributed by atoms with Crippen LogP contribution in [0.25, 0.3) is 0 Å². The van der Waals surface area contributed by atoms with E-state index in [1.807, 2.05) is 18.4 Å². The number of thioether (sulfide) groups is 1. The van der Waals surface area contributed by atoms with Crippen molar-refractivity contribution in [2.24, 2.45) is 5.92 Å². The summed E-state index contributed by atoms with van der Waals surface area (Å²) in [5.74, 6) is -0.271. The van der Waals surface area contributed by atoms with Gasteiger partial charge in [-0.15, -0.1) is 11.8 Å². The topological polar surface area (TPSA) is 37.3 Å². The molecule has 1 unspecified atom stereocenters. The van der Waals surface area contributed by atoms with Gasteiger partial charge in [-0.05, 0) is 24.0 Å². The van der Waals surface area contributed by atoms with E-state index in [1.165, 1.54) is 0 Å². The predicted molar refractivity (Wildman–Crippen MR) is 63.0 cm³/mol. The van der Waals surface area contributed by atoms with Crippen LogP contribution in [0.3, 0.4) is 0 Å². The molecule has 1 rings (SSSR count).